The lowest BCUT2D eigenvalue weighted by molar-refractivity contribution is -0.137. The summed E-state index contributed by atoms with van der Waals surface area (Å²) in [7, 11) is 0. The number of urea groups is 1. The van der Waals surface area contributed by atoms with Crippen LogP contribution in [0.1, 0.15) is 16.7 Å². The number of nitrogens with one attached hydrogen (secondary N) is 2. The molecule has 0 bridgehead atoms. The Morgan fingerprint density at radius 1 is 0.829 bits per heavy atom. The predicted molar refractivity (Wildman–Crippen MR) is 138 cm³/mol. The monoisotopic (exact) mass is 581 g/mol. The quantitative estimate of drug-likeness (QED) is 0.188. The summed E-state index contributed by atoms with van der Waals surface area (Å²) in [6, 6.07) is 13.0. The molecule has 0 heterocycles. The van der Waals surface area contributed by atoms with Crippen molar-refractivity contribution < 1.29 is 39.9 Å². The van der Waals surface area contributed by atoms with Gasteiger partial charge in [-0.15, -0.1) is 0 Å². The van der Waals surface area contributed by atoms with Gasteiger partial charge in [0.15, 0.2) is 0 Å². The molecule has 0 aromatic heterocycles. The van der Waals surface area contributed by atoms with Crippen LogP contribution in [0.5, 0.6) is 0 Å². The number of amides is 2. The fourth-order valence-corrected chi connectivity index (χ4v) is 4.00. The Kier molecular flexibility index (Phi) is 9.26. The molecule has 41 heavy (non-hydrogen) atoms. The molecule has 0 spiro atoms. The smallest absolute Gasteiger partial charge is 0.404 e. The van der Waals surface area contributed by atoms with E-state index in [0.29, 0.717) is 23.8 Å². The SMILES string of the molecule is C=C(/C=C\C(=C/N)C(F)(F)F)[C@](Cc1ccccc1)(NC(=O)Nc1cccc(F)c1)c1cc(F)cc(C(F)(F)F)c1. The zero-order valence-electron chi connectivity index (χ0n) is 21.1. The molecule has 0 fully saturated rings. The molecule has 0 aliphatic heterocycles. The van der Waals surface area contributed by atoms with E-state index >= 15 is 0 Å². The van der Waals surface area contributed by atoms with Gasteiger partial charge in [-0.1, -0.05) is 49.1 Å². The molecule has 0 saturated carbocycles. The molecule has 0 unspecified atom stereocenters. The third-order valence-electron chi connectivity index (χ3n) is 5.96. The highest BCUT2D eigenvalue weighted by Gasteiger charge is 2.40. The molecule has 0 aliphatic rings. The summed E-state index contributed by atoms with van der Waals surface area (Å²) in [4.78, 5) is 13.2. The standard InChI is InChI=1S/C29H23F8N3O/c1-18(10-11-20(17-38)28(32,33)34)27(16-19-6-3-2-4-7-19,21-12-22(29(35,36)37)14-24(31)13-21)40-26(41)39-25-9-5-8-23(30)15-25/h2-15,17H,1,16,38H2,(H2,39,40,41)/b11-10-,20-17+/t27-/m0/s1. The van der Waals surface area contributed by atoms with Crippen molar-refractivity contribution in [3.63, 3.8) is 0 Å². The van der Waals surface area contributed by atoms with E-state index in [1.807, 2.05) is 0 Å². The van der Waals surface area contributed by atoms with Crippen molar-refractivity contribution in [2.75, 3.05) is 5.32 Å². The van der Waals surface area contributed by atoms with Crippen molar-refractivity contribution in [2.24, 2.45) is 5.73 Å². The number of benzene rings is 3. The van der Waals surface area contributed by atoms with Gasteiger partial charge in [0, 0.05) is 18.3 Å². The first-order chi connectivity index (χ1) is 19.1. The van der Waals surface area contributed by atoms with E-state index in [4.69, 9.17) is 5.73 Å². The Bertz CT molecular complexity index is 1460. The molecular weight excluding hydrogens is 558 g/mol. The number of carbonyl (C=O) groups is 1. The first-order valence-electron chi connectivity index (χ1n) is 11.8. The van der Waals surface area contributed by atoms with Crippen molar-refractivity contribution in [3.8, 4) is 0 Å². The van der Waals surface area contributed by atoms with Crippen LogP contribution in [0.4, 0.5) is 45.6 Å². The summed E-state index contributed by atoms with van der Waals surface area (Å²) in [6.45, 7) is 3.76. The zero-order valence-corrected chi connectivity index (χ0v) is 21.1. The van der Waals surface area contributed by atoms with Crippen molar-refractivity contribution in [3.05, 3.63) is 137 Å². The van der Waals surface area contributed by atoms with Crippen molar-refractivity contribution >= 4 is 11.7 Å². The van der Waals surface area contributed by atoms with Crippen LogP contribution in [0.2, 0.25) is 0 Å². The second-order valence-corrected chi connectivity index (χ2v) is 8.86. The third kappa shape index (κ3) is 7.96. The lowest BCUT2D eigenvalue weighted by Crippen LogP contribution is -2.50. The second kappa shape index (κ2) is 12.3. The van der Waals surface area contributed by atoms with Crippen LogP contribution in [0.15, 0.2) is 109 Å². The lowest BCUT2D eigenvalue weighted by atomic mass is 9.77. The zero-order chi connectivity index (χ0) is 30.4. The Hall–Kier alpha value is -4.61. The summed E-state index contributed by atoms with van der Waals surface area (Å²) in [5, 5.41) is 4.79. The number of alkyl halides is 6. The van der Waals surface area contributed by atoms with Gasteiger partial charge < -0.3 is 16.4 Å². The summed E-state index contributed by atoms with van der Waals surface area (Å²) >= 11 is 0. The summed E-state index contributed by atoms with van der Waals surface area (Å²) in [6.07, 6.45) is -8.66. The van der Waals surface area contributed by atoms with Crippen LogP contribution in [-0.2, 0) is 18.1 Å². The number of carbonyl (C=O) groups excluding carboxylic acids is 1. The Labute approximate surface area is 229 Å². The molecule has 1 atom stereocenters. The molecule has 0 aliphatic carbocycles. The summed E-state index contributed by atoms with van der Waals surface area (Å²) < 4.78 is 109. The topological polar surface area (TPSA) is 67.1 Å². The van der Waals surface area contributed by atoms with Gasteiger partial charge in [0.25, 0.3) is 0 Å². The maximum atomic E-state index is 14.7. The van der Waals surface area contributed by atoms with E-state index in [-0.39, 0.29) is 29.9 Å². The maximum absolute atomic E-state index is 14.7. The Morgan fingerprint density at radius 2 is 1.49 bits per heavy atom. The second-order valence-electron chi connectivity index (χ2n) is 8.86. The molecule has 3 aromatic rings. The highest BCUT2D eigenvalue weighted by molar-refractivity contribution is 5.90. The maximum Gasteiger partial charge on any atom is 0.417 e. The van der Waals surface area contributed by atoms with Crippen LogP contribution >= 0.6 is 0 Å². The number of allylic oxidation sites excluding steroid dienone is 2. The number of hydrogen-bond acceptors (Lipinski definition) is 2. The largest absolute Gasteiger partial charge is 0.417 e. The lowest BCUT2D eigenvalue weighted by Gasteiger charge is -2.37. The van der Waals surface area contributed by atoms with Gasteiger partial charge in [-0.3, -0.25) is 0 Å². The van der Waals surface area contributed by atoms with E-state index in [9.17, 15) is 39.9 Å². The van der Waals surface area contributed by atoms with Crippen molar-refractivity contribution in [1.29, 1.82) is 0 Å². The first-order valence-corrected chi connectivity index (χ1v) is 11.8. The van der Waals surface area contributed by atoms with Gasteiger partial charge in [-0.2, -0.15) is 26.3 Å². The number of rotatable bonds is 8. The number of hydrogen-bond donors (Lipinski definition) is 3. The molecule has 0 radical (unpaired) electrons. The van der Waals surface area contributed by atoms with E-state index < -0.39 is 52.3 Å². The molecule has 4 N–H and O–H groups in total. The fraction of sp³-hybridized carbons (Fsp3) is 0.138. The number of nitrogens with two attached hydrogens (primary N) is 1. The first kappa shape index (κ1) is 30.9. The van der Waals surface area contributed by atoms with Gasteiger partial charge in [-0.05, 0) is 59.2 Å². The highest BCUT2D eigenvalue weighted by atomic mass is 19.4. The van der Waals surface area contributed by atoms with Crippen LogP contribution in [-0.4, -0.2) is 12.2 Å². The number of anilines is 1. The van der Waals surface area contributed by atoms with Gasteiger partial charge in [0.1, 0.15) is 11.6 Å². The molecule has 2 amide bonds. The molecule has 216 valence electrons. The van der Waals surface area contributed by atoms with Gasteiger partial charge >= 0.3 is 18.4 Å². The molecule has 0 saturated heterocycles. The summed E-state index contributed by atoms with van der Waals surface area (Å²) in [5.41, 5.74) is -0.229. The minimum Gasteiger partial charge on any atom is -0.404 e. The van der Waals surface area contributed by atoms with Crippen LogP contribution in [0.3, 0.4) is 0 Å². The minimum atomic E-state index is -5.01. The van der Waals surface area contributed by atoms with Gasteiger partial charge in [0.2, 0.25) is 0 Å². The van der Waals surface area contributed by atoms with E-state index in [2.05, 4.69) is 17.2 Å². The van der Waals surface area contributed by atoms with E-state index in [1.165, 1.54) is 12.1 Å². The average Bonchev–Trinajstić information content (AvgIpc) is 2.87. The molecular formula is C29H23F8N3O. The Balaban J connectivity index is 2.24. The normalized spacial score (nSPS) is 14.0. The molecule has 3 rings (SSSR count). The minimum absolute atomic E-state index is 0.0436. The highest BCUT2D eigenvalue weighted by Crippen LogP contribution is 2.39. The predicted octanol–water partition coefficient (Wildman–Crippen LogP) is 7.76. The van der Waals surface area contributed by atoms with Crippen molar-refractivity contribution in [2.45, 2.75) is 24.3 Å². The van der Waals surface area contributed by atoms with Crippen LogP contribution in [0.25, 0.3) is 0 Å². The van der Waals surface area contributed by atoms with Crippen LogP contribution < -0.4 is 16.4 Å². The molecule has 12 heteroatoms. The fourth-order valence-electron chi connectivity index (χ4n) is 4.00. The van der Waals surface area contributed by atoms with Gasteiger partial charge in [0.05, 0.1) is 16.7 Å². The number of halogens is 8. The van der Waals surface area contributed by atoms with E-state index in [1.54, 1.807) is 30.3 Å². The third-order valence-corrected chi connectivity index (χ3v) is 5.96. The average molecular weight is 582 g/mol. The Morgan fingerprint density at radius 3 is 2.07 bits per heavy atom. The van der Waals surface area contributed by atoms with Gasteiger partial charge in [-0.25, -0.2) is 13.6 Å². The molecule has 3 aromatic carbocycles. The van der Waals surface area contributed by atoms with E-state index in [0.717, 1.165) is 18.2 Å². The summed E-state index contributed by atoms with van der Waals surface area (Å²) in [5.74, 6) is -2.03. The van der Waals surface area contributed by atoms with Crippen molar-refractivity contribution in [1.82, 2.24) is 5.32 Å². The molecule has 4 nitrogen and oxygen atoms in total. The van der Waals surface area contributed by atoms with Crippen LogP contribution in [0, 0.1) is 11.6 Å².